The van der Waals surface area contributed by atoms with Crippen molar-refractivity contribution in [1.82, 2.24) is 14.5 Å². The Morgan fingerprint density at radius 3 is 3.06 bits per heavy atom. The van der Waals surface area contributed by atoms with Crippen LogP contribution in [0.5, 0.6) is 0 Å². The number of pyridine rings is 1. The Hall–Kier alpha value is -1.93. The molecule has 18 heavy (non-hydrogen) atoms. The van der Waals surface area contributed by atoms with Gasteiger partial charge in [-0.3, -0.25) is 4.98 Å². The molecule has 0 aromatic carbocycles. The van der Waals surface area contributed by atoms with Crippen molar-refractivity contribution in [3.63, 3.8) is 0 Å². The SMILES string of the molecule is N#Cc1cncc2ncn([C@H]3CCC[C@@H](N)C3)c12. The van der Waals surface area contributed by atoms with Gasteiger partial charge in [0.05, 0.1) is 23.6 Å². The summed E-state index contributed by atoms with van der Waals surface area (Å²) in [5.41, 5.74) is 8.30. The maximum atomic E-state index is 9.17. The molecule has 0 saturated heterocycles. The fourth-order valence-corrected chi connectivity index (χ4v) is 2.80. The number of aromatic nitrogens is 3. The Morgan fingerprint density at radius 2 is 2.28 bits per heavy atom. The average Bonchev–Trinajstić information content (AvgIpc) is 2.82. The predicted molar refractivity (Wildman–Crippen MR) is 67.7 cm³/mol. The zero-order valence-corrected chi connectivity index (χ0v) is 10.1. The quantitative estimate of drug-likeness (QED) is 0.824. The fraction of sp³-hybridized carbons (Fsp3) is 0.462. The van der Waals surface area contributed by atoms with Crippen LogP contribution in [0.25, 0.3) is 11.0 Å². The molecule has 2 N–H and O–H groups in total. The van der Waals surface area contributed by atoms with Crippen molar-refractivity contribution in [3.8, 4) is 6.07 Å². The standard InChI is InChI=1S/C13H15N5/c14-5-9-6-16-7-12-13(9)18(8-17-12)11-3-1-2-10(15)4-11/h6-8,10-11H,1-4,15H2/t10-,11+/m1/s1. The number of imidazole rings is 1. The molecule has 1 aliphatic carbocycles. The van der Waals surface area contributed by atoms with Crippen molar-refractivity contribution in [2.45, 2.75) is 37.8 Å². The molecule has 2 atom stereocenters. The lowest BCUT2D eigenvalue weighted by atomic mass is 9.91. The largest absolute Gasteiger partial charge is 0.328 e. The van der Waals surface area contributed by atoms with Gasteiger partial charge in [0.1, 0.15) is 11.6 Å². The molecule has 2 heterocycles. The Kier molecular flexibility index (Phi) is 2.73. The van der Waals surface area contributed by atoms with E-state index in [9.17, 15) is 5.26 Å². The minimum atomic E-state index is 0.258. The molecule has 1 aliphatic rings. The van der Waals surface area contributed by atoms with Crippen LogP contribution in [-0.4, -0.2) is 20.6 Å². The summed E-state index contributed by atoms with van der Waals surface area (Å²) in [6.07, 6.45) is 9.41. The van der Waals surface area contributed by atoms with E-state index in [-0.39, 0.29) is 6.04 Å². The summed E-state index contributed by atoms with van der Waals surface area (Å²) in [6, 6.07) is 2.80. The van der Waals surface area contributed by atoms with E-state index in [2.05, 4.69) is 20.6 Å². The highest BCUT2D eigenvalue weighted by atomic mass is 15.1. The summed E-state index contributed by atoms with van der Waals surface area (Å²) in [7, 11) is 0. The molecule has 92 valence electrons. The molecule has 5 heteroatoms. The van der Waals surface area contributed by atoms with Gasteiger partial charge in [-0.2, -0.15) is 5.26 Å². The predicted octanol–water partition coefficient (Wildman–Crippen LogP) is 1.75. The van der Waals surface area contributed by atoms with E-state index in [4.69, 9.17) is 5.73 Å². The molecule has 3 rings (SSSR count). The third-order valence-corrected chi connectivity index (χ3v) is 3.68. The van der Waals surface area contributed by atoms with Gasteiger partial charge in [-0.1, -0.05) is 0 Å². The molecule has 5 nitrogen and oxygen atoms in total. The van der Waals surface area contributed by atoms with E-state index in [0.717, 1.165) is 36.7 Å². The van der Waals surface area contributed by atoms with Gasteiger partial charge >= 0.3 is 0 Å². The Bertz CT molecular complexity index is 609. The number of hydrogen-bond acceptors (Lipinski definition) is 4. The lowest BCUT2D eigenvalue weighted by Gasteiger charge is -2.28. The van der Waals surface area contributed by atoms with Gasteiger partial charge in [-0.25, -0.2) is 4.98 Å². The smallest absolute Gasteiger partial charge is 0.108 e. The number of rotatable bonds is 1. The molecule has 0 amide bonds. The van der Waals surface area contributed by atoms with Gasteiger partial charge in [0.15, 0.2) is 0 Å². The highest BCUT2D eigenvalue weighted by molar-refractivity contribution is 5.80. The monoisotopic (exact) mass is 241 g/mol. The average molecular weight is 241 g/mol. The molecule has 1 saturated carbocycles. The Morgan fingerprint density at radius 1 is 1.39 bits per heavy atom. The molecule has 0 radical (unpaired) electrons. The van der Waals surface area contributed by atoms with Gasteiger partial charge in [-0.15, -0.1) is 0 Å². The first kappa shape index (κ1) is 11.2. The van der Waals surface area contributed by atoms with Crippen LogP contribution in [0.2, 0.25) is 0 Å². The first-order valence-electron chi connectivity index (χ1n) is 6.26. The summed E-state index contributed by atoms with van der Waals surface area (Å²) < 4.78 is 2.11. The maximum Gasteiger partial charge on any atom is 0.108 e. The van der Waals surface area contributed by atoms with Gasteiger partial charge in [0.2, 0.25) is 0 Å². The molecule has 0 bridgehead atoms. The van der Waals surface area contributed by atoms with Gasteiger partial charge in [0, 0.05) is 18.3 Å². The van der Waals surface area contributed by atoms with Gasteiger partial charge in [0.25, 0.3) is 0 Å². The number of nitrogens with two attached hydrogens (primary N) is 1. The highest BCUT2D eigenvalue weighted by Gasteiger charge is 2.22. The molecule has 0 aliphatic heterocycles. The summed E-state index contributed by atoms with van der Waals surface area (Å²) >= 11 is 0. The zero-order valence-electron chi connectivity index (χ0n) is 10.1. The summed E-state index contributed by atoms with van der Waals surface area (Å²) in [5, 5.41) is 9.17. The van der Waals surface area contributed by atoms with Crippen molar-refractivity contribution < 1.29 is 0 Å². The van der Waals surface area contributed by atoms with Gasteiger partial charge in [-0.05, 0) is 25.7 Å². The first-order valence-corrected chi connectivity index (χ1v) is 6.26. The lowest BCUT2D eigenvalue weighted by Crippen LogP contribution is -2.29. The van der Waals surface area contributed by atoms with Crippen molar-refractivity contribution in [2.24, 2.45) is 5.73 Å². The first-order chi connectivity index (χ1) is 8.79. The van der Waals surface area contributed by atoms with E-state index in [1.54, 1.807) is 12.4 Å². The molecular weight excluding hydrogens is 226 g/mol. The molecule has 2 aromatic heterocycles. The molecular formula is C13H15N5. The van der Waals surface area contributed by atoms with Crippen LogP contribution in [-0.2, 0) is 0 Å². The second-order valence-corrected chi connectivity index (χ2v) is 4.90. The molecule has 2 aromatic rings. The van der Waals surface area contributed by atoms with Crippen LogP contribution >= 0.6 is 0 Å². The third-order valence-electron chi connectivity index (χ3n) is 3.68. The topological polar surface area (TPSA) is 80.5 Å². The van der Waals surface area contributed by atoms with Crippen LogP contribution in [0, 0.1) is 11.3 Å². The van der Waals surface area contributed by atoms with E-state index in [0.29, 0.717) is 11.6 Å². The van der Waals surface area contributed by atoms with Crippen molar-refractivity contribution in [2.75, 3.05) is 0 Å². The lowest BCUT2D eigenvalue weighted by molar-refractivity contribution is 0.325. The minimum absolute atomic E-state index is 0.258. The second-order valence-electron chi connectivity index (χ2n) is 4.90. The number of fused-ring (bicyclic) bond motifs is 1. The highest BCUT2D eigenvalue weighted by Crippen LogP contribution is 2.31. The van der Waals surface area contributed by atoms with E-state index in [1.165, 1.54) is 0 Å². The van der Waals surface area contributed by atoms with E-state index < -0.39 is 0 Å². The Labute approximate surface area is 105 Å². The molecule has 0 unspecified atom stereocenters. The summed E-state index contributed by atoms with van der Waals surface area (Å²) in [6.45, 7) is 0. The maximum absolute atomic E-state index is 9.17. The second kappa shape index (κ2) is 4.39. The number of nitriles is 1. The van der Waals surface area contributed by atoms with Crippen LogP contribution < -0.4 is 5.73 Å². The van der Waals surface area contributed by atoms with Gasteiger partial charge < -0.3 is 10.3 Å². The van der Waals surface area contributed by atoms with Crippen LogP contribution in [0.1, 0.15) is 37.3 Å². The fourth-order valence-electron chi connectivity index (χ4n) is 2.80. The van der Waals surface area contributed by atoms with Crippen LogP contribution in [0.4, 0.5) is 0 Å². The molecule has 1 fully saturated rings. The van der Waals surface area contributed by atoms with E-state index >= 15 is 0 Å². The van der Waals surface area contributed by atoms with Crippen molar-refractivity contribution >= 4 is 11.0 Å². The normalized spacial score (nSPS) is 24.0. The van der Waals surface area contributed by atoms with Crippen LogP contribution in [0.15, 0.2) is 18.7 Å². The zero-order chi connectivity index (χ0) is 12.5. The van der Waals surface area contributed by atoms with Crippen LogP contribution in [0.3, 0.4) is 0 Å². The summed E-state index contributed by atoms with van der Waals surface area (Å²) in [4.78, 5) is 8.37. The minimum Gasteiger partial charge on any atom is -0.328 e. The third kappa shape index (κ3) is 1.75. The number of nitrogens with zero attached hydrogens (tertiary/aromatic N) is 4. The van der Waals surface area contributed by atoms with E-state index in [1.807, 2.05) is 6.33 Å². The van der Waals surface area contributed by atoms with Crippen molar-refractivity contribution in [1.29, 1.82) is 5.26 Å². The van der Waals surface area contributed by atoms with Crippen molar-refractivity contribution in [3.05, 3.63) is 24.3 Å². The molecule has 0 spiro atoms. The summed E-state index contributed by atoms with van der Waals surface area (Å²) in [5.74, 6) is 0. The number of hydrogen-bond donors (Lipinski definition) is 1. The Balaban J connectivity index is 2.09.